The Kier molecular flexibility index (Phi) is 5.22. The molecule has 0 saturated carbocycles. The molecule has 1 fully saturated rings. The van der Waals surface area contributed by atoms with Crippen molar-refractivity contribution in [3.05, 3.63) is 41.1 Å². The lowest BCUT2D eigenvalue weighted by Gasteiger charge is -2.32. The first-order valence-electron chi connectivity index (χ1n) is 7.98. The van der Waals surface area contributed by atoms with Crippen molar-refractivity contribution < 1.29 is 14.3 Å². The van der Waals surface area contributed by atoms with Crippen LogP contribution in [0.1, 0.15) is 12.8 Å². The molecule has 25 heavy (non-hydrogen) atoms. The van der Waals surface area contributed by atoms with Gasteiger partial charge < -0.3 is 14.4 Å². The number of amides is 1. The van der Waals surface area contributed by atoms with E-state index in [0.29, 0.717) is 24.8 Å². The Hall–Kier alpha value is -2.97. The third-order valence-electron chi connectivity index (χ3n) is 3.89. The Labute approximate surface area is 144 Å². The van der Waals surface area contributed by atoms with E-state index in [2.05, 4.69) is 15.1 Å². The van der Waals surface area contributed by atoms with Gasteiger partial charge in [0.2, 0.25) is 17.7 Å². The molecule has 9 nitrogen and oxygen atoms in total. The number of carbonyl (C=O) groups is 1. The van der Waals surface area contributed by atoms with Gasteiger partial charge in [-0.3, -0.25) is 14.6 Å². The van der Waals surface area contributed by atoms with E-state index in [1.165, 1.54) is 31.8 Å². The topological polar surface area (TPSA) is 99.4 Å². The van der Waals surface area contributed by atoms with Gasteiger partial charge in [0.05, 0.1) is 26.0 Å². The molecule has 1 unspecified atom stereocenters. The monoisotopic (exact) mass is 345 g/mol. The normalized spacial score (nSPS) is 17.2. The molecule has 3 heterocycles. The molecule has 132 valence electrons. The van der Waals surface area contributed by atoms with Crippen LogP contribution in [0.2, 0.25) is 0 Å². The summed E-state index contributed by atoms with van der Waals surface area (Å²) in [5, 5.41) is 3.91. The highest BCUT2D eigenvalue weighted by Crippen LogP contribution is 2.18. The minimum absolute atomic E-state index is 0.0780. The van der Waals surface area contributed by atoms with Crippen molar-refractivity contribution >= 4 is 5.91 Å². The maximum atomic E-state index is 12.4. The number of hydrogen-bond acceptors (Lipinski definition) is 7. The van der Waals surface area contributed by atoms with Gasteiger partial charge in [-0.2, -0.15) is 10.1 Å². The molecule has 0 spiro atoms. The first-order valence-corrected chi connectivity index (χ1v) is 7.98. The summed E-state index contributed by atoms with van der Waals surface area (Å²) in [7, 11) is 1.51. The van der Waals surface area contributed by atoms with Crippen LogP contribution in [0.5, 0.6) is 11.8 Å². The smallest absolute Gasteiger partial charge is 0.267 e. The third-order valence-corrected chi connectivity index (χ3v) is 3.89. The van der Waals surface area contributed by atoms with Gasteiger partial charge in [-0.05, 0) is 18.9 Å². The van der Waals surface area contributed by atoms with Crippen molar-refractivity contribution in [2.75, 3.05) is 20.2 Å². The first-order chi connectivity index (χ1) is 12.2. The van der Waals surface area contributed by atoms with E-state index in [1.54, 1.807) is 11.0 Å². The zero-order valence-electron chi connectivity index (χ0n) is 13.9. The number of carbonyl (C=O) groups excluding carboxylic acids is 1. The van der Waals surface area contributed by atoms with Gasteiger partial charge in [-0.1, -0.05) is 0 Å². The molecule has 2 aromatic rings. The first kappa shape index (κ1) is 16.9. The lowest BCUT2D eigenvalue weighted by Crippen LogP contribution is -2.46. The molecule has 0 aromatic carbocycles. The van der Waals surface area contributed by atoms with E-state index in [0.717, 1.165) is 17.5 Å². The molecular formula is C16H19N5O4. The van der Waals surface area contributed by atoms with Crippen LogP contribution in [-0.2, 0) is 11.3 Å². The van der Waals surface area contributed by atoms with Crippen molar-refractivity contribution in [3.63, 3.8) is 0 Å². The minimum atomic E-state index is -0.299. The van der Waals surface area contributed by atoms with Crippen LogP contribution in [0, 0.1) is 0 Å². The van der Waals surface area contributed by atoms with Crippen molar-refractivity contribution in [2.24, 2.45) is 0 Å². The maximum Gasteiger partial charge on any atom is 0.267 e. The molecule has 0 bridgehead atoms. The van der Waals surface area contributed by atoms with E-state index in [9.17, 15) is 9.59 Å². The average molecular weight is 345 g/mol. The van der Waals surface area contributed by atoms with Gasteiger partial charge in [-0.15, -0.1) is 0 Å². The molecular weight excluding hydrogens is 326 g/mol. The largest absolute Gasteiger partial charge is 0.480 e. The predicted octanol–water partition coefficient (Wildman–Crippen LogP) is 0.112. The summed E-state index contributed by atoms with van der Waals surface area (Å²) in [5.41, 5.74) is -0.299. The number of piperidine rings is 1. The summed E-state index contributed by atoms with van der Waals surface area (Å²) in [6.45, 7) is 0.981. The second kappa shape index (κ2) is 7.73. The second-order valence-electron chi connectivity index (χ2n) is 5.64. The highest BCUT2D eigenvalue weighted by molar-refractivity contribution is 5.76. The van der Waals surface area contributed by atoms with Crippen molar-refractivity contribution in [3.8, 4) is 11.8 Å². The molecule has 0 radical (unpaired) electrons. The quantitative estimate of drug-likeness (QED) is 0.758. The SMILES string of the molecule is COc1cncc(OC2CCCN(C(=O)Cn3ncccc3=O)C2)n1. The number of rotatable bonds is 5. The fraction of sp³-hybridized carbons (Fsp3) is 0.438. The van der Waals surface area contributed by atoms with E-state index < -0.39 is 0 Å². The molecule has 0 aliphatic carbocycles. The Bertz CT molecular complexity index is 794. The van der Waals surface area contributed by atoms with E-state index >= 15 is 0 Å². The predicted molar refractivity (Wildman–Crippen MR) is 87.3 cm³/mol. The Morgan fingerprint density at radius 3 is 3.00 bits per heavy atom. The van der Waals surface area contributed by atoms with Gasteiger partial charge in [0.1, 0.15) is 12.6 Å². The third kappa shape index (κ3) is 4.31. The van der Waals surface area contributed by atoms with Crippen LogP contribution in [0.15, 0.2) is 35.5 Å². The molecule has 2 aromatic heterocycles. The zero-order chi connectivity index (χ0) is 17.6. The van der Waals surface area contributed by atoms with E-state index in [-0.39, 0.29) is 24.1 Å². The number of aromatic nitrogens is 4. The van der Waals surface area contributed by atoms with Crippen LogP contribution in [0.4, 0.5) is 0 Å². The Morgan fingerprint density at radius 2 is 2.20 bits per heavy atom. The van der Waals surface area contributed by atoms with E-state index in [4.69, 9.17) is 9.47 Å². The highest BCUT2D eigenvalue weighted by atomic mass is 16.5. The fourth-order valence-electron chi connectivity index (χ4n) is 2.65. The maximum absolute atomic E-state index is 12.4. The summed E-state index contributed by atoms with van der Waals surface area (Å²) >= 11 is 0. The van der Waals surface area contributed by atoms with Gasteiger partial charge in [0.25, 0.3) is 5.56 Å². The average Bonchev–Trinajstić information content (AvgIpc) is 2.64. The second-order valence-corrected chi connectivity index (χ2v) is 5.64. The number of ether oxygens (including phenoxy) is 2. The Balaban J connectivity index is 1.61. The van der Waals surface area contributed by atoms with Crippen LogP contribution in [0.3, 0.4) is 0 Å². The number of likely N-dealkylation sites (tertiary alicyclic amines) is 1. The summed E-state index contributed by atoms with van der Waals surface area (Å²) in [6, 6.07) is 2.92. The van der Waals surface area contributed by atoms with Gasteiger partial charge in [0, 0.05) is 18.8 Å². The number of methoxy groups -OCH3 is 1. The summed E-state index contributed by atoms with van der Waals surface area (Å²) in [4.78, 5) is 34.0. The lowest BCUT2D eigenvalue weighted by atomic mass is 10.1. The molecule has 1 atom stereocenters. The molecule has 1 saturated heterocycles. The van der Waals surface area contributed by atoms with Crippen LogP contribution in [-0.4, -0.2) is 56.9 Å². The molecule has 0 N–H and O–H groups in total. The van der Waals surface area contributed by atoms with Crippen molar-refractivity contribution in [1.29, 1.82) is 0 Å². The molecule has 3 rings (SSSR count). The Morgan fingerprint density at radius 1 is 1.36 bits per heavy atom. The molecule has 1 aliphatic rings. The fourth-order valence-corrected chi connectivity index (χ4v) is 2.65. The van der Waals surface area contributed by atoms with Gasteiger partial charge in [0.15, 0.2) is 0 Å². The lowest BCUT2D eigenvalue weighted by molar-refractivity contribution is -0.134. The summed E-state index contributed by atoms with van der Waals surface area (Å²) in [6.07, 6.45) is 5.93. The van der Waals surface area contributed by atoms with Gasteiger partial charge in [-0.25, -0.2) is 4.68 Å². The van der Waals surface area contributed by atoms with Crippen LogP contribution >= 0.6 is 0 Å². The highest BCUT2D eigenvalue weighted by Gasteiger charge is 2.25. The molecule has 1 amide bonds. The molecule has 1 aliphatic heterocycles. The number of nitrogens with zero attached hydrogens (tertiary/aromatic N) is 5. The van der Waals surface area contributed by atoms with Gasteiger partial charge >= 0.3 is 0 Å². The standard InChI is InChI=1S/C16H19N5O4/c1-24-13-8-17-9-14(19-13)25-12-4-3-7-20(10-12)16(23)11-21-15(22)5-2-6-18-21/h2,5-6,8-9,12H,3-4,7,10-11H2,1H3. The zero-order valence-corrected chi connectivity index (χ0v) is 13.9. The summed E-state index contributed by atoms with van der Waals surface area (Å²) < 4.78 is 12.0. The van der Waals surface area contributed by atoms with E-state index in [1.807, 2.05) is 0 Å². The summed E-state index contributed by atoms with van der Waals surface area (Å²) in [5.74, 6) is 0.571. The van der Waals surface area contributed by atoms with Crippen LogP contribution in [0.25, 0.3) is 0 Å². The minimum Gasteiger partial charge on any atom is -0.480 e. The molecule has 9 heteroatoms. The van der Waals surface area contributed by atoms with Crippen molar-refractivity contribution in [1.82, 2.24) is 24.6 Å². The van der Waals surface area contributed by atoms with Crippen molar-refractivity contribution in [2.45, 2.75) is 25.5 Å². The van der Waals surface area contributed by atoms with Crippen LogP contribution < -0.4 is 15.0 Å². The number of hydrogen-bond donors (Lipinski definition) is 0.